The van der Waals surface area contributed by atoms with Gasteiger partial charge >= 0.3 is 0 Å². The SMILES string of the molecule is CC(C)(C)c1cccc2c(NN)cc(C(F)F)nc12. The van der Waals surface area contributed by atoms with E-state index in [2.05, 4.69) is 10.4 Å². The second-order valence-electron chi connectivity index (χ2n) is 5.49. The highest BCUT2D eigenvalue weighted by Crippen LogP contribution is 2.34. The second kappa shape index (κ2) is 4.74. The minimum absolute atomic E-state index is 0.181. The van der Waals surface area contributed by atoms with Gasteiger partial charge in [-0.2, -0.15) is 0 Å². The molecule has 102 valence electrons. The summed E-state index contributed by atoms with van der Waals surface area (Å²) >= 11 is 0. The second-order valence-corrected chi connectivity index (χ2v) is 5.49. The largest absolute Gasteiger partial charge is 0.323 e. The average molecular weight is 265 g/mol. The summed E-state index contributed by atoms with van der Waals surface area (Å²) in [4.78, 5) is 4.10. The van der Waals surface area contributed by atoms with Gasteiger partial charge in [0, 0.05) is 5.39 Å². The van der Waals surface area contributed by atoms with Gasteiger partial charge in [0.1, 0.15) is 5.69 Å². The number of hydrogen-bond donors (Lipinski definition) is 2. The number of aromatic nitrogens is 1. The molecule has 2 rings (SSSR count). The average Bonchev–Trinajstić information content (AvgIpc) is 2.35. The molecule has 0 saturated heterocycles. The summed E-state index contributed by atoms with van der Waals surface area (Å²) in [7, 11) is 0. The summed E-state index contributed by atoms with van der Waals surface area (Å²) in [5.74, 6) is 5.42. The molecule has 0 amide bonds. The molecule has 5 heteroatoms. The zero-order valence-electron chi connectivity index (χ0n) is 11.2. The Labute approximate surface area is 110 Å². The normalized spacial score (nSPS) is 12.2. The third-order valence-electron chi connectivity index (χ3n) is 3.05. The lowest BCUT2D eigenvalue weighted by Crippen LogP contribution is -2.14. The molecular weight excluding hydrogens is 248 g/mol. The van der Waals surface area contributed by atoms with Crippen LogP contribution in [0, 0.1) is 0 Å². The number of nitrogens with one attached hydrogen (secondary N) is 1. The van der Waals surface area contributed by atoms with E-state index >= 15 is 0 Å². The lowest BCUT2D eigenvalue weighted by Gasteiger charge is -2.21. The van der Waals surface area contributed by atoms with Crippen LogP contribution in [0.2, 0.25) is 0 Å². The fourth-order valence-corrected chi connectivity index (χ4v) is 2.10. The third kappa shape index (κ3) is 2.51. The van der Waals surface area contributed by atoms with Crippen molar-refractivity contribution >= 4 is 16.6 Å². The van der Waals surface area contributed by atoms with E-state index < -0.39 is 6.43 Å². The highest BCUT2D eigenvalue weighted by Gasteiger charge is 2.20. The Morgan fingerprint density at radius 2 is 1.95 bits per heavy atom. The molecule has 1 aromatic carbocycles. The van der Waals surface area contributed by atoms with Crippen LogP contribution in [0.4, 0.5) is 14.5 Å². The number of nitrogens with two attached hydrogens (primary N) is 1. The summed E-state index contributed by atoms with van der Waals surface area (Å²) in [6, 6.07) is 6.90. The number of anilines is 1. The van der Waals surface area contributed by atoms with Crippen molar-refractivity contribution in [2.24, 2.45) is 5.84 Å². The fraction of sp³-hybridized carbons (Fsp3) is 0.357. The Hall–Kier alpha value is -1.75. The molecule has 0 aliphatic rings. The van der Waals surface area contributed by atoms with Crippen LogP contribution in [0.3, 0.4) is 0 Å². The molecule has 0 fully saturated rings. The molecule has 2 aromatic rings. The molecule has 0 unspecified atom stereocenters. The Morgan fingerprint density at radius 3 is 2.47 bits per heavy atom. The molecule has 0 saturated carbocycles. The fourth-order valence-electron chi connectivity index (χ4n) is 2.10. The summed E-state index contributed by atoms with van der Waals surface area (Å²) in [6.45, 7) is 6.07. The summed E-state index contributed by atoms with van der Waals surface area (Å²) in [5, 5.41) is 0.749. The van der Waals surface area contributed by atoms with E-state index in [1.54, 1.807) is 0 Å². The van der Waals surface area contributed by atoms with E-state index in [0.29, 0.717) is 11.2 Å². The molecule has 3 nitrogen and oxygen atoms in total. The highest BCUT2D eigenvalue weighted by molar-refractivity contribution is 5.93. The van der Waals surface area contributed by atoms with E-state index in [1.165, 1.54) is 6.07 Å². The van der Waals surface area contributed by atoms with E-state index in [-0.39, 0.29) is 11.1 Å². The first kappa shape index (κ1) is 13.7. The number of pyridine rings is 1. The molecule has 0 aliphatic carbocycles. The minimum Gasteiger partial charge on any atom is -0.323 e. The first-order chi connectivity index (χ1) is 8.84. The number of para-hydroxylation sites is 1. The minimum atomic E-state index is -2.62. The number of halogens is 2. The molecule has 0 bridgehead atoms. The van der Waals surface area contributed by atoms with Gasteiger partial charge in [-0.3, -0.25) is 5.84 Å². The van der Waals surface area contributed by atoms with Crippen molar-refractivity contribution in [1.82, 2.24) is 4.98 Å². The van der Waals surface area contributed by atoms with E-state index in [9.17, 15) is 8.78 Å². The standard InChI is InChI=1S/C14H17F2N3/c1-14(2,3)9-6-4-5-8-10(19-17)7-11(13(15)16)18-12(8)9/h4-7,13H,17H2,1-3H3,(H,18,19). The Kier molecular flexibility index (Phi) is 3.41. The molecule has 0 spiro atoms. The van der Waals surface area contributed by atoms with E-state index in [4.69, 9.17) is 5.84 Å². The van der Waals surface area contributed by atoms with Crippen molar-refractivity contribution in [2.75, 3.05) is 5.43 Å². The molecule has 0 atom stereocenters. The van der Waals surface area contributed by atoms with Crippen molar-refractivity contribution < 1.29 is 8.78 Å². The van der Waals surface area contributed by atoms with E-state index in [1.807, 2.05) is 39.0 Å². The summed E-state index contributed by atoms with van der Waals surface area (Å²) in [5.41, 5.74) is 3.98. The number of rotatable bonds is 2. The van der Waals surface area contributed by atoms with Gasteiger partial charge in [0.25, 0.3) is 6.43 Å². The molecule has 0 aliphatic heterocycles. The highest BCUT2D eigenvalue weighted by atomic mass is 19.3. The van der Waals surface area contributed by atoms with Crippen LogP contribution in [0.25, 0.3) is 10.9 Å². The van der Waals surface area contributed by atoms with Gasteiger partial charge < -0.3 is 5.43 Å². The Balaban J connectivity index is 2.84. The van der Waals surface area contributed by atoms with Gasteiger partial charge in [0.05, 0.1) is 11.2 Å². The maximum atomic E-state index is 12.9. The van der Waals surface area contributed by atoms with Crippen LogP contribution in [-0.2, 0) is 5.41 Å². The molecule has 1 aromatic heterocycles. The predicted molar refractivity (Wildman–Crippen MR) is 73.2 cm³/mol. The van der Waals surface area contributed by atoms with Crippen molar-refractivity contribution in [2.45, 2.75) is 32.6 Å². The van der Waals surface area contributed by atoms with Crippen LogP contribution in [0.1, 0.15) is 38.5 Å². The van der Waals surface area contributed by atoms with Crippen LogP contribution in [0.15, 0.2) is 24.3 Å². The monoisotopic (exact) mass is 265 g/mol. The predicted octanol–water partition coefficient (Wildman–Crippen LogP) is 3.76. The number of fused-ring (bicyclic) bond motifs is 1. The lowest BCUT2D eigenvalue weighted by molar-refractivity contribution is 0.146. The topological polar surface area (TPSA) is 50.9 Å². The molecule has 0 radical (unpaired) electrons. The number of benzene rings is 1. The van der Waals surface area contributed by atoms with Crippen LogP contribution in [0.5, 0.6) is 0 Å². The summed E-state index contributed by atoms with van der Waals surface area (Å²) in [6.07, 6.45) is -2.62. The van der Waals surface area contributed by atoms with Gasteiger partial charge in [-0.1, -0.05) is 39.0 Å². The number of nitrogen functional groups attached to an aromatic ring is 1. The summed E-state index contributed by atoms with van der Waals surface area (Å²) < 4.78 is 25.8. The molecule has 1 heterocycles. The van der Waals surface area contributed by atoms with E-state index in [0.717, 1.165) is 10.9 Å². The number of nitrogens with zero attached hydrogens (tertiary/aromatic N) is 1. The van der Waals surface area contributed by atoms with Gasteiger partial charge in [-0.15, -0.1) is 0 Å². The van der Waals surface area contributed by atoms with Gasteiger partial charge in [0.15, 0.2) is 0 Å². The van der Waals surface area contributed by atoms with Crippen molar-refractivity contribution in [3.05, 3.63) is 35.5 Å². The Morgan fingerprint density at radius 1 is 1.26 bits per heavy atom. The van der Waals surface area contributed by atoms with Crippen LogP contribution < -0.4 is 11.3 Å². The number of hydrogen-bond acceptors (Lipinski definition) is 3. The number of hydrazine groups is 1. The zero-order chi connectivity index (χ0) is 14.2. The smallest absolute Gasteiger partial charge is 0.280 e. The first-order valence-corrected chi connectivity index (χ1v) is 6.03. The maximum absolute atomic E-state index is 12.9. The third-order valence-corrected chi connectivity index (χ3v) is 3.05. The maximum Gasteiger partial charge on any atom is 0.280 e. The van der Waals surface area contributed by atoms with Crippen molar-refractivity contribution in [1.29, 1.82) is 0 Å². The number of alkyl halides is 2. The molecule has 3 N–H and O–H groups in total. The lowest BCUT2D eigenvalue weighted by atomic mass is 9.85. The van der Waals surface area contributed by atoms with Crippen LogP contribution >= 0.6 is 0 Å². The van der Waals surface area contributed by atoms with Gasteiger partial charge in [-0.05, 0) is 17.0 Å². The first-order valence-electron chi connectivity index (χ1n) is 6.03. The van der Waals surface area contributed by atoms with Crippen LogP contribution in [-0.4, -0.2) is 4.98 Å². The van der Waals surface area contributed by atoms with Crippen molar-refractivity contribution in [3.8, 4) is 0 Å². The van der Waals surface area contributed by atoms with Crippen molar-refractivity contribution in [3.63, 3.8) is 0 Å². The quantitative estimate of drug-likeness (QED) is 0.642. The molecular formula is C14H17F2N3. The zero-order valence-corrected chi connectivity index (χ0v) is 11.2. The van der Waals surface area contributed by atoms with Gasteiger partial charge in [0.2, 0.25) is 0 Å². The Bertz CT molecular complexity index is 603. The van der Waals surface area contributed by atoms with Gasteiger partial charge in [-0.25, -0.2) is 13.8 Å². The molecule has 19 heavy (non-hydrogen) atoms.